The van der Waals surface area contributed by atoms with Crippen molar-refractivity contribution in [2.45, 2.75) is 19.4 Å². The van der Waals surface area contributed by atoms with Gasteiger partial charge >= 0.3 is 0 Å². The first kappa shape index (κ1) is 15.4. The van der Waals surface area contributed by atoms with Crippen LogP contribution < -0.4 is 19.5 Å². The van der Waals surface area contributed by atoms with Crippen molar-refractivity contribution >= 4 is 0 Å². The second-order valence-corrected chi connectivity index (χ2v) is 4.12. The highest BCUT2D eigenvalue weighted by atomic mass is 16.5. The minimum Gasteiger partial charge on any atom is -0.496 e. The van der Waals surface area contributed by atoms with Crippen LogP contribution in [0.15, 0.2) is 24.8 Å². The normalized spacial score (nSPS) is 11.8. The molecule has 1 aromatic carbocycles. The average molecular weight is 265 g/mol. The van der Waals surface area contributed by atoms with Crippen LogP contribution in [-0.2, 0) is 0 Å². The monoisotopic (exact) mass is 265 g/mol. The second-order valence-electron chi connectivity index (χ2n) is 4.12. The van der Waals surface area contributed by atoms with Gasteiger partial charge in [-0.2, -0.15) is 0 Å². The Morgan fingerprint density at radius 2 is 1.68 bits per heavy atom. The van der Waals surface area contributed by atoms with E-state index in [9.17, 15) is 0 Å². The zero-order valence-corrected chi connectivity index (χ0v) is 12.2. The third-order valence-electron chi connectivity index (χ3n) is 2.92. The van der Waals surface area contributed by atoms with Gasteiger partial charge in [0, 0.05) is 11.6 Å². The molecule has 0 aromatic heterocycles. The first-order chi connectivity index (χ1) is 9.21. The van der Waals surface area contributed by atoms with E-state index in [1.54, 1.807) is 21.3 Å². The van der Waals surface area contributed by atoms with E-state index in [1.165, 1.54) is 0 Å². The van der Waals surface area contributed by atoms with Gasteiger partial charge in [-0.1, -0.05) is 13.0 Å². The van der Waals surface area contributed by atoms with Gasteiger partial charge in [0.25, 0.3) is 0 Å². The molecule has 1 atom stereocenters. The molecule has 1 rings (SSSR count). The van der Waals surface area contributed by atoms with E-state index < -0.39 is 0 Å². The number of methoxy groups -OCH3 is 3. The Balaban J connectivity index is 3.19. The minimum atomic E-state index is 0.0229. The van der Waals surface area contributed by atoms with Crippen LogP contribution in [0.3, 0.4) is 0 Å². The zero-order chi connectivity index (χ0) is 14.3. The predicted octanol–water partition coefficient (Wildman–Crippen LogP) is 2.94. The molecule has 0 fully saturated rings. The van der Waals surface area contributed by atoms with Gasteiger partial charge in [0.2, 0.25) is 0 Å². The van der Waals surface area contributed by atoms with Crippen molar-refractivity contribution in [3.8, 4) is 17.2 Å². The van der Waals surface area contributed by atoms with Gasteiger partial charge in [-0.3, -0.25) is 0 Å². The van der Waals surface area contributed by atoms with E-state index in [0.29, 0.717) is 11.5 Å². The summed E-state index contributed by atoms with van der Waals surface area (Å²) in [4.78, 5) is 0. The van der Waals surface area contributed by atoms with Crippen LogP contribution in [-0.4, -0.2) is 27.9 Å². The van der Waals surface area contributed by atoms with Gasteiger partial charge in [-0.25, -0.2) is 0 Å². The standard InChI is InChI=1S/C15H23NO3/c1-6-8-16-12(7-2)11-9-14(18-4)15(19-5)10-13(11)17-3/h7,9-10,12,16H,2,6,8H2,1,3-5H3. The fraction of sp³-hybridized carbons (Fsp3) is 0.467. The summed E-state index contributed by atoms with van der Waals surface area (Å²) < 4.78 is 16.0. The Hall–Kier alpha value is -1.68. The van der Waals surface area contributed by atoms with Gasteiger partial charge in [-0.15, -0.1) is 6.58 Å². The SMILES string of the molecule is C=CC(NCCC)c1cc(OC)c(OC)cc1OC. The molecule has 0 radical (unpaired) electrons. The Morgan fingerprint density at radius 1 is 1.11 bits per heavy atom. The molecule has 0 bridgehead atoms. The third-order valence-corrected chi connectivity index (χ3v) is 2.92. The molecule has 4 heteroatoms. The molecule has 1 unspecified atom stereocenters. The number of hydrogen-bond acceptors (Lipinski definition) is 4. The number of rotatable bonds is 8. The quantitative estimate of drug-likeness (QED) is 0.734. The molecule has 0 aliphatic rings. The number of hydrogen-bond donors (Lipinski definition) is 1. The summed E-state index contributed by atoms with van der Waals surface area (Å²) in [6.07, 6.45) is 2.92. The lowest BCUT2D eigenvalue weighted by Crippen LogP contribution is -2.20. The van der Waals surface area contributed by atoms with E-state index in [1.807, 2.05) is 18.2 Å². The summed E-state index contributed by atoms with van der Waals surface area (Å²) in [6, 6.07) is 3.78. The summed E-state index contributed by atoms with van der Waals surface area (Å²) in [6.45, 7) is 6.91. The topological polar surface area (TPSA) is 39.7 Å². The molecule has 0 heterocycles. The van der Waals surface area contributed by atoms with Crippen molar-refractivity contribution in [2.24, 2.45) is 0 Å². The fourth-order valence-corrected chi connectivity index (χ4v) is 1.92. The van der Waals surface area contributed by atoms with Crippen molar-refractivity contribution in [1.29, 1.82) is 0 Å². The van der Waals surface area contributed by atoms with Crippen molar-refractivity contribution in [3.63, 3.8) is 0 Å². The number of benzene rings is 1. The first-order valence-corrected chi connectivity index (χ1v) is 6.37. The van der Waals surface area contributed by atoms with Gasteiger partial charge in [0.05, 0.1) is 27.4 Å². The lowest BCUT2D eigenvalue weighted by molar-refractivity contribution is 0.346. The van der Waals surface area contributed by atoms with Crippen LogP contribution in [0.2, 0.25) is 0 Å². The van der Waals surface area contributed by atoms with Crippen LogP contribution in [0.4, 0.5) is 0 Å². The van der Waals surface area contributed by atoms with E-state index in [0.717, 1.165) is 24.3 Å². The van der Waals surface area contributed by atoms with Crippen LogP contribution in [0.25, 0.3) is 0 Å². The molecule has 0 aliphatic heterocycles. The van der Waals surface area contributed by atoms with Gasteiger partial charge in [-0.05, 0) is 19.0 Å². The van der Waals surface area contributed by atoms with E-state index in [-0.39, 0.29) is 6.04 Å². The van der Waals surface area contributed by atoms with E-state index in [4.69, 9.17) is 14.2 Å². The highest BCUT2D eigenvalue weighted by Crippen LogP contribution is 2.37. The van der Waals surface area contributed by atoms with Gasteiger partial charge in [0.1, 0.15) is 5.75 Å². The summed E-state index contributed by atoms with van der Waals surface area (Å²) in [5, 5.41) is 3.40. The van der Waals surface area contributed by atoms with Crippen LogP contribution >= 0.6 is 0 Å². The molecule has 0 amide bonds. The molecular formula is C15H23NO3. The molecule has 106 valence electrons. The summed E-state index contributed by atoms with van der Waals surface area (Å²) in [5.74, 6) is 2.09. The zero-order valence-electron chi connectivity index (χ0n) is 12.2. The van der Waals surface area contributed by atoms with Crippen molar-refractivity contribution in [3.05, 3.63) is 30.4 Å². The maximum Gasteiger partial charge on any atom is 0.164 e. The second kappa shape index (κ2) is 7.69. The molecule has 0 aliphatic carbocycles. The average Bonchev–Trinajstić information content (AvgIpc) is 2.47. The van der Waals surface area contributed by atoms with Gasteiger partial charge in [0.15, 0.2) is 11.5 Å². The lowest BCUT2D eigenvalue weighted by atomic mass is 10.0. The number of nitrogens with one attached hydrogen (secondary N) is 1. The highest BCUT2D eigenvalue weighted by molar-refractivity contribution is 5.52. The predicted molar refractivity (Wildman–Crippen MR) is 77.3 cm³/mol. The van der Waals surface area contributed by atoms with E-state index in [2.05, 4.69) is 18.8 Å². The molecule has 0 spiro atoms. The Kier molecular flexibility index (Phi) is 6.22. The number of ether oxygens (including phenoxy) is 3. The summed E-state index contributed by atoms with van der Waals surface area (Å²) in [5.41, 5.74) is 0.989. The van der Waals surface area contributed by atoms with E-state index >= 15 is 0 Å². The molecule has 0 saturated carbocycles. The Labute approximate surface area is 115 Å². The third kappa shape index (κ3) is 3.64. The summed E-state index contributed by atoms with van der Waals surface area (Å²) >= 11 is 0. The first-order valence-electron chi connectivity index (χ1n) is 6.37. The largest absolute Gasteiger partial charge is 0.496 e. The minimum absolute atomic E-state index is 0.0229. The smallest absolute Gasteiger partial charge is 0.164 e. The lowest BCUT2D eigenvalue weighted by Gasteiger charge is -2.20. The summed E-state index contributed by atoms with van der Waals surface area (Å²) in [7, 11) is 4.87. The van der Waals surface area contributed by atoms with Crippen molar-refractivity contribution < 1.29 is 14.2 Å². The maximum absolute atomic E-state index is 5.43. The highest BCUT2D eigenvalue weighted by Gasteiger charge is 2.17. The molecule has 0 saturated heterocycles. The van der Waals surface area contributed by atoms with Crippen molar-refractivity contribution in [2.75, 3.05) is 27.9 Å². The molecule has 1 aromatic rings. The molecule has 4 nitrogen and oxygen atoms in total. The van der Waals surface area contributed by atoms with Crippen LogP contribution in [0.1, 0.15) is 24.9 Å². The molecular weight excluding hydrogens is 242 g/mol. The molecule has 19 heavy (non-hydrogen) atoms. The van der Waals surface area contributed by atoms with Crippen molar-refractivity contribution in [1.82, 2.24) is 5.32 Å². The fourth-order valence-electron chi connectivity index (χ4n) is 1.92. The van der Waals surface area contributed by atoms with Gasteiger partial charge < -0.3 is 19.5 Å². The van der Waals surface area contributed by atoms with Crippen LogP contribution in [0, 0.1) is 0 Å². The molecule has 1 N–H and O–H groups in total. The van der Waals surface area contributed by atoms with Crippen LogP contribution in [0.5, 0.6) is 17.2 Å². The maximum atomic E-state index is 5.43. The Bertz CT molecular complexity index is 418. The Morgan fingerprint density at radius 3 is 2.16 bits per heavy atom.